The molecule has 0 unspecified atom stereocenters. The zero-order chi connectivity index (χ0) is 11.5. The van der Waals surface area contributed by atoms with Crippen LogP contribution in [-0.4, -0.2) is 15.0 Å². The molecule has 0 radical (unpaired) electrons. The predicted octanol–water partition coefficient (Wildman–Crippen LogP) is 2.88. The van der Waals surface area contributed by atoms with E-state index >= 15 is 0 Å². The van der Waals surface area contributed by atoms with Crippen LogP contribution < -0.4 is 0 Å². The zero-order valence-electron chi connectivity index (χ0n) is 9.24. The second-order valence-corrected chi connectivity index (χ2v) is 3.80. The Morgan fingerprint density at radius 3 is 2.71 bits per heavy atom. The molecule has 2 heterocycles. The summed E-state index contributed by atoms with van der Waals surface area (Å²) >= 11 is 0. The fourth-order valence-electron chi connectivity index (χ4n) is 1.79. The number of rotatable bonds is 2. The highest BCUT2D eigenvalue weighted by Crippen LogP contribution is 2.22. The van der Waals surface area contributed by atoms with Crippen molar-refractivity contribution in [2.75, 3.05) is 0 Å². The van der Waals surface area contributed by atoms with E-state index in [0.717, 1.165) is 17.8 Å². The molecule has 82 valence electrons. The lowest BCUT2D eigenvalue weighted by Gasteiger charge is -2.03. The van der Waals surface area contributed by atoms with Crippen molar-refractivity contribution in [1.29, 1.82) is 0 Å². The molecule has 0 aromatic carbocycles. The van der Waals surface area contributed by atoms with Gasteiger partial charge >= 0.3 is 0 Å². The predicted molar refractivity (Wildman–Crippen MR) is 67.0 cm³/mol. The Morgan fingerprint density at radius 2 is 1.94 bits per heavy atom. The summed E-state index contributed by atoms with van der Waals surface area (Å²) in [6.45, 7) is 0. The Kier molecular flexibility index (Phi) is 2.50. The first-order valence-corrected chi connectivity index (χ1v) is 5.54. The van der Waals surface area contributed by atoms with E-state index in [2.05, 4.69) is 33.2 Å². The van der Waals surface area contributed by atoms with Crippen molar-refractivity contribution < 1.29 is 0 Å². The molecular formula is C14H11N3. The van der Waals surface area contributed by atoms with Crippen molar-refractivity contribution >= 4 is 5.57 Å². The Hall–Kier alpha value is -2.29. The van der Waals surface area contributed by atoms with E-state index < -0.39 is 0 Å². The molecule has 2 aromatic rings. The number of aromatic nitrogens is 3. The van der Waals surface area contributed by atoms with Crippen molar-refractivity contribution in [3.05, 3.63) is 60.6 Å². The molecule has 3 heteroatoms. The molecular weight excluding hydrogens is 210 g/mol. The normalized spacial score (nSPS) is 13.8. The third-order valence-electron chi connectivity index (χ3n) is 2.65. The van der Waals surface area contributed by atoms with Crippen LogP contribution in [-0.2, 0) is 0 Å². The lowest BCUT2D eigenvalue weighted by atomic mass is 10.1. The van der Waals surface area contributed by atoms with Gasteiger partial charge < -0.3 is 0 Å². The van der Waals surface area contributed by atoms with E-state index in [1.807, 2.05) is 24.3 Å². The fourth-order valence-corrected chi connectivity index (χ4v) is 1.79. The molecule has 0 aliphatic heterocycles. The van der Waals surface area contributed by atoms with E-state index in [4.69, 9.17) is 0 Å². The summed E-state index contributed by atoms with van der Waals surface area (Å²) in [7, 11) is 0. The minimum Gasteiger partial charge on any atom is -0.253 e. The van der Waals surface area contributed by atoms with Crippen LogP contribution in [0.15, 0.2) is 54.9 Å². The highest BCUT2D eigenvalue weighted by Gasteiger charge is 2.07. The number of nitrogens with zero attached hydrogens (tertiary/aromatic N) is 3. The van der Waals surface area contributed by atoms with Crippen LogP contribution in [0, 0.1) is 0 Å². The lowest BCUT2D eigenvalue weighted by molar-refractivity contribution is 1.11. The van der Waals surface area contributed by atoms with E-state index in [0.29, 0.717) is 5.82 Å². The molecule has 0 fully saturated rings. The maximum atomic E-state index is 4.54. The van der Waals surface area contributed by atoms with Crippen LogP contribution in [0.2, 0.25) is 0 Å². The lowest BCUT2D eigenvalue weighted by Crippen LogP contribution is -1.95. The molecule has 0 saturated heterocycles. The van der Waals surface area contributed by atoms with Crippen LogP contribution in [0.25, 0.3) is 17.1 Å². The Bertz CT molecular complexity index is 585. The van der Waals surface area contributed by atoms with E-state index in [1.54, 1.807) is 12.4 Å². The maximum Gasteiger partial charge on any atom is 0.178 e. The minimum absolute atomic E-state index is 0.677. The number of hydrogen-bond donors (Lipinski definition) is 0. The van der Waals surface area contributed by atoms with Crippen molar-refractivity contribution in [2.45, 2.75) is 6.42 Å². The molecule has 0 amide bonds. The van der Waals surface area contributed by atoms with Gasteiger partial charge in [0.1, 0.15) is 5.69 Å². The summed E-state index contributed by atoms with van der Waals surface area (Å²) in [6.07, 6.45) is 10.7. The zero-order valence-corrected chi connectivity index (χ0v) is 9.24. The van der Waals surface area contributed by atoms with Gasteiger partial charge in [0.25, 0.3) is 0 Å². The number of pyridine rings is 1. The van der Waals surface area contributed by atoms with Crippen molar-refractivity contribution in [2.24, 2.45) is 0 Å². The van der Waals surface area contributed by atoms with Crippen LogP contribution in [0.5, 0.6) is 0 Å². The highest BCUT2D eigenvalue weighted by atomic mass is 14.9. The highest BCUT2D eigenvalue weighted by molar-refractivity contribution is 5.69. The Balaban J connectivity index is 2.00. The second-order valence-electron chi connectivity index (χ2n) is 3.80. The molecule has 1 aliphatic carbocycles. The Labute approximate surface area is 99.6 Å². The standard InChI is InChI=1S/C14H11N3/c1-2-6-11(5-1)12-8-10-16-14(17-12)13-7-3-4-9-15-13/h1-5,7-10H,6H2. The van der Waals surface area contributed by atoms with Crippen molar-refractivity contribution in [1.82, 2.24) is 15.0 Å². The van der Waals surface area contributed by atoms with Gasteiger partial charge in [-0.2, -0.15) is 0 Å². The largest absolute Gasteiger partial charge is 0.253 e. The second kappa shape index (κ2) is 4.29. The van der Waals surface area contributed by atoms with Crippen molar-refractivity contribution in [3.63, 3.8) is 0 Å². The van der Waals surface area contributed by atoms with Crippen molar-refractivity contribution in [3.8, 4) is 11.5 Å². The van der Waals surface area contributed by atoms with E-state index in [1.165, 1.54) is 5.57 Å². The summed E-state index contributed by atoms with van der Waals surface area (Å²) < 4.78 is 0. The monoisotopic (exact) mass is 221 g/mol. The topological polar surface area (TPSA) is 38.7 Å². The molecule has 2 aromatic heterocycles. The summed E-state index contributed by atoms with van der Waals surface area (Å²) in [5, 5.41) is 0. The molecule has 3 rings (SSSR count). The van der Waals surface area contributed by atoms with Gasteiger partial charge in [-0.15, -0.1) is 0 Å². The molecule has 1 aliphatic rings. The van der Waals surface area contributed by atoms with E-state index in [9.17, 15) is 0 Å². The molecule has 0 saturated carbocycles. The van der Waals surface area contributed by atoms with Crippen LogP contribution in [0.4, 0.5) is 0 Å². The maximum absolute atomic E-state index is 4.54. The third-order valence-corrected chi connectivity index (χ3v) is 2.65. The molecule has 0 N–H and O–H groups in total. The van der Waals surface area contributed by atoms with Gasteiger partial charge in [-0.1, -0.05) is 24.3 Å². The molecule has 0 bridgehead atoms. The Morgan fingerprint density at radius 1 is 0.941 bits per heavy atom. The molecule has 3 nitrogen and oxygen atoms in total. The van der Waals surface area contributed by atoms with Gasteiger partial charge in [0.05, 0.1) is 5.69 Å². The quantitative estimate of drug-likeness (QED) is 0.782. The SMILES string of the molecule is C1=CCC(c2ccnc(-c3ccccn3)n2)=C1. The van der Waals surface area contributed by atoms with Gasteiger partial charge in [-0.25, -0.2) is 9.97 Å². The average molecular weight is 221 g/mol. The number of hydrogen-bond acceptors (Lipinski definition) is 3. The molecule has 17 heavy (non-hydrogen) atoms. The minimum atomic E-state index is 0.677. The van der Waals surface area contributed by atoms with Crippen LogP contribution in [0.1, 0.15) is 12.1 Å². The summed E-state index contributed by atoms with van der Waals surface area (Å²) in [5.41, 5.74) is 3.01. The first-order chi connectivity index (χ1) is 8.43. The van der Waals surface area contributed by atoms with Gasteiger partial charge in [-0.05, 0) is 30.2 Å². The third kappa shape index (κ3) is 1.99. The summed E-state index contributed by atoms with van der Waals surface area (Å²) in [6, 6.07) is 7.68. The molecule has 0 atom stereocenters. The first kappa shape index (κ1) is 9.90. The van der Waals surface area contributed by atoms with E-state index in [-0.39, 0.29) is 0 Å². The fraction of sp³-hybridized carbons (Fsp3) is 0.0714. The van der Waals surface area contributed by atoms with Gasteiger partial charge in [-0.3, -0.25) is 4.98 Å². The summed E-state index contributed by atoms with van der Waals surface area (Å²) in [5.74, 6) is 0.677. The van der Waals surface area contributed by atoms with Gasteiger partial charge in [0.15, 0.2) is 5.82 Å². The average Bonchev–Trinajstić information content (AvgIpc) is 2.94. The molecule has 0 spiro atoms. The summed E-state index contributed by atoms with van der Waals surface area (Å²) in [4.78, 5) is 13.1. The smallest absolute Gasteiger partial charge is 0.178 e. The first-order valence-electron chi connectivity index (χ1n) is 5.54. The van der Waals surface area contributed by atoms with Crippen LogP contribution in [0.3, 0.4) is 0 Å². The number of allylic oxidation sites excluding steroid dienone is 4. The van der Waals surface area contributed by atoms with Gasteiger partial charge in [0, 0.05) is 12.4 Å². The van der Waals surface area contributed by atoms with Crippen LogP contribution >= 0.6 is 0 Å². The van der Waals surface area contributed by atoms with Gasteiger partial charge in [0.2, 0.25) is 0 Å².